The Morgan fingerprint density at radius 2 is 2.22 bits per heavy atom. The molecule has 2 aromatic heterocycles. The van der Waals surface area contributed by atoms with Gasteiger partial charge in [-0.1, -0.05) is 18.5 Å². The zero-order chi connectivity index (χ0) is 13.1. The summed E-state index contributed by atoms with van der Waals surface area (Å²) < 4.78 is 1.61. The van der Waals surface area contributed by atoms with E-state index in [0.29, 0.717) is 17.8 Å². The fourth-order valence-corrected chi connectivity index (χ4v) is 1.64. The highest BCUT2D eigenvalue weighted by molar-refractivity contribution is 6.29. The standard InChI is InChI=1S/C11H12ClN5O/c1-3-8-7(6-17(2)16-8)11(18)15-10-5-13-9(12)4-14-10/h4-6H,3H2,1-2H3,(H,14,15,18). The number of halogens is 1. The Bertz CT molecular complexity index is 563. The van der Waals surface area contributed by atoms with Crippen molar-refractivity contribution in [3.63, 3.8) is 0 Å². The molecule has 0 aliphatic carbocycles. The van der Waals surface area contributed by atoms with E-state index in [-0.39, 0.29) is 11.1 Å². The highest BCUT2D eigenvalue weighted by atomic mass is 35.5. The maximum atomic E-state index is 12.0. The summed E-state index contributed by atoms with van der Waals surface area (Å²) in [5, 5.41) is 7.13. The van der Waals surface area contributed by atoms with E-state index < -0.39 is 0 Å². The second-order valence-electron chi connectivity index (χ2n) is 3.70. The van der Waals surface area contributed by atoms with Gasteiger partial charge < -0.3 is 5.32 Å². The number of hydrogen-bond donors (Lipinski definition) is 1. The SMILES string of the molecule is CCc1nn(C)cc1C(=O)Nc1cnc(Cl)cn1. The van der Waals surface area contributed by atoms with Gasteiger partial charge >= 0.3 is 0 Å². The van der Waals surface area contributed by atoms with Crippen LogP contribution in [0, 0.1) is 0 Å². The first-order valence-corrected chi connectivity index (χ1v) is 5.79. The maximum Gasteiger partial charge on any atom is 0.260 e. The van der Waals surface area contributed by atoms with Gasteiger partial charge in [-0.15, -0.1) is 0 Å². The molecule has 0 unspecified atom stereocenters. The lowest BCUT2D eigenvalue weighted by atomic mass is 10.2. The predicted molar refractivity (Wildman–Crippen MR) is 67.6 cm³/mol. The van der Waals surface area contributed by atoms with E-state index in [0.717, 1.165) is 5.69 Å². The highest BCUT2D eigenvalue weighted by Gasteiger charge is 2.14. The van der Waals surface area contributed by atoms with E-state index in [2.05, 4.69) is 20.4 Å². The van der Waals surface area contributed by atoms with Gasteiger partial charge in [0.15, 0.2) is 5.82 Å². The van der Waals surface area contributed by atoms with Crippen LogP contribution in [-0.4, -0.2) is 25.7 Å². The van der Waals surface area contributed by atoms with Gasteiger partial charge in [0.2, 0.25) is 0 Å². The molecule has 0 fully saturated rings. The number of aromatic nitrogens is 4. The molecule has 18 heavy (non-hydrogen) atoms. The first-order chi connectivity index (χ1) is 8.60. The first kappa shape index (κ1) is 12.5. The molecule has 2 heterocycles. The normalized spacial score (nSPS) is 10.4. The van der Waals surface area contributed by atoms with Gasteiger partial charge in [0, 0.05) is 13.2 Å². The minimum atomic E-state index is -0.253. The van der Waals surface area contributed by atoms with Crippen LogP contribution in [0.3, 0.4) is 0 Å². The van der Waals surface area contributed by atoms with Crippen molar-refractivity contribution in [2.75, 3.05) is 5.32 Å². The topological polar surface area (TPSA) is 72.7 Å². The number of amides is 1. The lowest BCUT2D eigenvalue weighted by Gasteiger charge is -2.02. The Balaban J connectivity index is 2.19. The van der Waals surface area contributed by atoms with Crippen molar-refractivity contribution in [1.82, 2.24) is 19.7 Å². The minimum absolute atomic E-state index is 0.253. The van der Waals surface area contributed by atoms with Gasteiger partial charge in [-0.2, -0.15) is 5.10 Å². The Labute approximate surface area is 109 Å². The molecule has 0 saturated heterocycles. The summed E-state index contributed by atoms with van der Waals surface area (Å²) in [4.78, 5) is 19.8. The zero-order valence-corrected chi connectivity index (χ0v) is 10.8. The lowest BCUT2D eigenvalue weighted by molar-refractivity contribution is 0.102. The summed E-state index contributed by atoms with van der Waals surface area (Å²) in [5.74, 6) is 0.104. The van der Waals surface area contributed by atoms with Crippen molar-refractivity contribution in [3.8, 4) is 0 Å². The molecule has 0 atom stereocenters. The smallest absolute Gasteiger partial charge is 0.260 e. The number of carbonyl (C=O) groups excluding carboxylic acids is 1. The summed E-state index contributed by atoms with van der Waals surface area (Å²) in [7, 11) is 1.78. The summed E-state index contributed by atoms with van der Waals surface area (Å²) >= 11 is 5.62. The molecule has 0 bridgehead atoms. The minimum Gasteiger partial charge on any atom is -0.305 e. The van der Waals surface area contributed by atoms with Crippen molar-refractivity contribution >= 4 is 23.3 Å². The average Bonchev–Trinajstić information content (AvgIpc) is 2.73. The summed E-state index contributed by atoms with van der Waals surface area (Å²) in [5.41, 5.74) is 1.29. The van der Waals surface area contributed by atoms with Gasteiger partial charge in [-0.25, -0.2) is 9.97 Å². The number of nitrogens with one attached hydrogen (secondary N) is 1. The second-order valence-corrected chi connectivity index (χ2v) is 4.08. The Hall–Kier alpha value is -1.95. The molecule has 94 valence electrons. The molecule has 1 amide bonds. The molecule has 2 rings (SSSR count). The molecule has 6 nitrogen and oxygen atoms in total. The fraction of sp³-hybridized carbons (Fsp3) is 0.273. The molecule has 0 spiro atoms. The number of rotatable bonds is 3. The van der Waals surface area contributed by atoms with Gasteiger partial charge in [0.25, 0.3) is 5.91 Å². The van der Waals surface area contributed by atoms with E-state index in [1.54, 1.807) is 17.9 Å². The van der Waals surface area contributed by atoms with Crippen LogP contribution >= 0.6 is 11.6 Å². The first-order valence-electron chi connectivity index (χ1n) is 5.41. The van der Waals surface area contributed by atoms with Gasteiger partial charge in [-0.05, 0) is 6.42 Å². The van der Waals surface area contributed by atoms with Crippen LogP contribution in [-0.2, 0) is 13.5 Å². The van der Waals surface area contributed by atoms with Crippen LogP contribution in [0.25, 0.3) is 0 Å². The van der Waals surface area contributed by atoms with Crippen molar-refractivity contribution < 1.29 is 4.79 Å². The summed E-state index contributed by atoms with van der Waals surface area (Å²) in [6.45, 7) is 1.95. The molecule has 0 aliphatic rings. The van der Waals surface area contributed by atoms with Crippen LogP contribution in [0.2, 0.25) is 5.15 Å². The fourth-order valence-electron chi connectivity index (χ4n) is 1.55. The quantitative estimate of drug-likeness (QED) is 0.916. The molecular weight excluding hydrogens is 254 g/mol. The molecule has 0 aromatic carbocycles. The Morgan fingerprint density at radius 1 is 1.44 bits per heavy atom. The van der Waals surface area contributed by atoms with Crippen molar-refractivity contribution in [3.05, 3.63) is 35.0 Å². The van der Waals surface area contributed by atoms with Crippen LogP contribution in [0.15, 0.2) is 18.6 Å². The van der Waals surface area contributed by atoms with E-state index in [9.17, 15) is 4.79 Å². The van der Waals surface area contributed by atoms with Crippen molar-refractivity contribution in [2.24, 2.45) is 7.05 Å². The van der Waals surface area contributed by atoms with Gasteiger partial charge in [-0.3, -0.25) is 9.48 Å². The number of nitrogens with zero attached hydrogens (tertiary/aromatic N) is 4. The number of aryl methyl sites for hydroxylation is 2. The summed E-state index contributed by atoms with van der Waals surface area (Å²) in [6, 6.07) is 0. The summed E-state index contributed by atoms with van der Waals surface area (Å²) in [6.07, 6.45) is 5.15. The van der Waals surface area contributed by atoms with Crippen LogP contribution in [0.4, 0.5) is 5.82 Å². The molecule has 7 heteroatoms. The third-order valence-electron chi connectivity index (χ3n) is 2.35. The number of hydrogen-bond acceptors (Lipinski definition) is 4. The Morgan fingerprint density at radius 3 is 2.83 bits per heavy atom. The molecule has 0 aliphatic heterocycles. The second kappa shape index (κ2) is 5.14. The molecule has 1 N–H and O–H groups in total. The highest BCUT2D eigenvalue weighted by Crippen LogP contribution is 2.11. The largest absolute Gasteiger partial charge is 0.305 e. The van der Waals surface area contributed by atoms with E-state index >= 15 is 0 Å². The number of anilines is 1. The predicted octanol–water partition coefficient (Wildman–Crippen LogP) is 1.68. The molecule has 2 aromatic rings. The van der Waals surface area contributed by atoms with Crippen LogP contribution in [0.1, 0.15) is 23.0 Å². The van der Waals surface area contributed by atoms with Crippen LogP contribution in [0.5, 0.6) is 0 Å². The number of carbonyl (C=O) groups is 1. The van der Waals surface area contributed by atoms with E-state index in [4.69, 9.17) is 11.6 Å². The molecular formula is C11H12ClN5O. The average molecular weight is 266 g/mol. The van der Waals surface area contributed by atoms with Crippen molar-refractivity contribution in [2.45, 2.75) is 13.3 Å². The third-order valence-corrected chi connectivity index (χ3v) is 2.54. The van der Waals surface area contributed by atoms with Crippen LogP contribution < -0.4 is 5.32 Å². The van der Waals surface area contributed by atoms with Gasteiger partial charge in [0.05, 0.1) is 23.7 Å². The Kier molecular flexibility index (Phi) is 3.57. The lowest BCUT2D eigenvalue weighted by Crippen LogP contribution is -2.14. The van der Waals surface area contributed by atoms with Gasteiger partial charge in [0.1, 0.15) is 5.15 Å². The zero-order valence-electron chi connectivity index (χ0n) is 10.0. The molecule has 0 radical (unpaired) electrons. The van der Waals surface area contributed by atoms with E-state index in [1.165, 1.54) is 12.4 Å². The third kappa shape index (κ3) is 2.65. The molecule has 0 saturated carbocycles. The van der Waals surface area contributed by atoms with Crippen molar-refractivity contribution in [1.29, 1.82) is 0 Å². The monoisotopic (exact) mass is 265 g/mol. The maximum absolute atomic E-state index is 12.0. The van der Waals surface area contributed by atoms with E-state index in [1.807, 2.05) is 6.92 Å².